The maximum atomic E-state index is 13.5. The van der Waals surface area contributed by atoms with Gasteiger partial charge in [0.1, 0.15) is 12.1 Å². The van der Waals surface area contributed by atoms with Gasteiger partial charge in [0.2, 0.25) is 5.90 Å². The first kappa shape index (κ1) is 27.6. The fourth-order valence-electron chi connectivity index (χ4n) is 4.91. The number of nitrogens with two attached hydrogens (primary N) is 1. The van der Waals surface area contributed by atoms with Gasteiger partial charge in [0.05, 0.1) is 29.8 Å². The van der Waals surface area contributed by atoms with Crippen molar-refractivity contribution in [2.75, 3.05) is 25.2 Å². The van der Waals surface area contributed by atoms with E-state index in [4.69, 9.17) is 15.3 Å². The summed E-state index contributed by atoms with van der Waals surface area (Å²) in [4.78, 5) is 40.0. The van der Waals surface area contributed by atoms with Crippen LogP contribution < -0.4 is 21.0 Å². The number of nitrogens with zero attached hydrogens (tertiary/aromatic N) is 5. The molecule has 1 atom stereocenters. The van der Waals surface area contributed by atoms with E-state index in [1.165, 1.54) is 30.9 Å². The molecule has 3 aromatic rings. The highest BCUT2D eigenvalue weighted by atomic mass is 16.5. The Morgan fingerprint density at radius 2 is 2.00 bits per heavy atom. The lowest BCUT2D eigenvalue weighted by molar-refractivity contribution is -0.126. The van der Waals surface area contributed by atoms with Crippen LogP contribution in [-0.4, -0.2) is 65.2 Å². The molecular weight excluding hydrogens is 524 g/mol. The average molecular weight is 557 g/mol. The normalized spacial score (nSPS) is 16.8. The molecule has 4 N–H and O–H groups in total. The predicted molar refractivity (Wildman–Crippen MR) is 157 cm³/mol. The summed E-state index contributed by atoms with van der Waals surface area (Å²) in [5, 5.41) is 6.00. The highest BCUT2D eigenvalue weighted by Crippen LogP contribution is 2.34. The van der Waals surface area contributed by atoms with E-state index in [0.29, 0.717) is 60.0 Å². The summed E-state index contributed by atoms with van der Waals surface area (Å²) in [6.45, 7) is 8.10. The number of aromatic amines is 1. The number of allylic oxidation sites excluding steroid dienone is 1. The maximum absolute atomic E-state index is 13.5. The molecule has 2 aromatic heterocycles. The Balaban J connectivity index is 1.39. The number of hydrogen-bond donors (Lipinski definition) is 3. The maximum Gasteiger partial charge on any atom is 0.295 e. The topological polar surface area (TPSA) is 151 Å². The summed E-state index contributed by atoms with van der Waals surface area (Å²) >= 11 is 0. The van der Waals surface area contributed by atoms with Crippen molar-refractivity contribution < 1.29 is 19.1 Å². The van der Waals surface area contributed by atoms with E-state index in [9.17, 15) is 9.59 Å². The van der Waals surface area contributed by atoms with Crippen LogP contribution in [0.2, 0.25) is 0 Å². The molecule has 0 aliphatic carbocycles. The Bertz CT molecular complexity index is 1580. The summed E-state index contributed by atoms with van der Waals surface area (Å²) in [5.41, 5.74) is 7.15. The summed E-state index contributed by atoms with van der Waals surface area (Å²) in [6.07, 6.45) is 5.23. The number of amides is 1. The fraction of sp³-hybridized carbons (Fsp3) is 0.276. The number of hydrazone groups is 1. The standard InChI is InChI=1S/C29H32N8O4/c1-17(2)33-16-37(30)27-25-24(22(40-4)15-32-27)21(14-31-25)26(38)29(39)36-12-10-20(11-13-36)23(19-8-6-5-7-9-19)28-35-34-18(3)41-28/h5-9,14-16,18,31,34H,1,10-13,30H2,2-4H3/b33-16-. The summed E-state index contributed by atoms with van der Waals surface area (Å²) in [7, 11) is 1.47. The molecule has 12 nitrogen and oxygen atoms in total. The number of hydrazine groups is 1. The highest BCUT2D eigenvalue weighted by molar-refractivity contribution is 6.45. The number of fused-ring (bicyclic) bond motifs is 1. The molecular formula is C29H32N8O4. The van der Waals surface area contributed by atoms with Gasteiger partial charge >= 0.3 is 0 Å². The van der Waals surface area contributed by atoms with Crippen molar-refractivity contribution in [1.82, 2.24) is 20.3 Å². The zero-order valence-electron chi connectivity index (χ0n) is 23.2. The number of hydrogen-bond acceptors (Lipinski definition) is 9. The van der Waals surface area contributed by atoms with Gasteiger partial charge in [-0.05, 0) is 32.3 Å². The third kappa shape index (κ3) is 5.54. The monoisotopic (exact) mass is 556 g/mol. The number of Topliss-reactive ketones (excluding diaryl/α,β-unsaturated/α-hetero) is 1. The molecule has 4 heterocycles. The second kappa shape index (κ2) is 11.6. The Labute approximate surface area is 237 Å². The number of rotatable bonds is 8. The number of aliphatic imine (C=N–C) groups is 1. The van der Waals surface area contributed by atoms with E-state index in [2.05, 4.69) is 32.1 Å². The van der Waals surface area contributed by atoms with Gasteiger partial charge in [-0.2, -0.15) is 0 Å². The number of aromatic nitrogens is 2. The quantitative estimate of drug-likeness (QED) is 0.0955. The molecule has 2 aliphatic heterocycles. The number of ether oxygens (including phenoxy) is 2. The predicted octanol–water partition coefficient (Wildman–Crippen LogP) is 3.35. The zero-order chi connectivity index (χ0) is 29.1. The molecule has 0 saturated carbocycles. The second-order valence-electron chi connectivity index (χ2n) is 9.76. The van der Waals surface area contributed by atoms with Gasteiger partial charge in [-0.15, -0.1) is 5.10 Å². The number of nitrogens with one attached hydrogen (secondary N) is 2. The van der Waals surface area contributed by atoms with E-state index in [0.717, 1.165) is 16.7 Å². The van der Waals surface area contributed by atoms with Crippen molar-refractivity contribution in [2.24, 2.45) is 15.9 Å². The van der Waals surface area contributed by atoms with Crippen molar-refractivity contribution in [3.05, 3.63) is 71.7 Å². The summed E-state index contributed by atoms with van der Waals surface area (Å²) < 4.78 is 11.4. The first-order valence-corrected chi connectivity index (χ1v) is 13.2. The smallest absolute Gasteiger partial charge is 0.295 e. The number of H-pyrrole nitrogens is 1. The van der Waals surface area contributed by atoms with Crippen LogP contribution in [0.25, 0.3) is 16.5 Å². The van der Waals surface area contributed by atoms with Crippen molar-refractivity contribution in [3.63, 3.8) is 0 Å². The molecule has 1 fully saturated rings. The minimum absolute atomic E-state index is 0.177. The van der Waals surface area contributed by atoms with Gasteiger partial charge in [-0.1, -0.05) is 42.5 Å². The Hall–Kier alpha value is -4.97. The van der Waals surface area contributed by atoms with E-state index < -0.39 is 11.7 Å². The third-order valence-electron chi connectivity index (χ3n) is 6.88. The number of carbonyl (C=O) groups excluding carboxylic acids is 2. The fourth-order valence-corrected chi connectivity index (χ4v) is 4.91. The van der Waals surface area contributed by atoms with Gasteiger partial charge in [0, 0.05) is 30.6 Å². The van der Waals surface area contributed by atoms with Crippen LogP contribution in [0, 0.1) is 0 Å². The number of ketones is 1. The molecule has 1 amide bonds. The molecule has 2 aliphatic rings. The molecule has 1 aromatic carbocycles. The van der Waals surface area contributed by atoms with Crippen LogP contribution >= 0.6 is 0 Å². The van der Waals surface area contributed by atoms with Gasteiger partial charge in [-0.25, -0.2) is 20.8 Å². The Kier molecular flexibility index (Phi) is 7.83. The molecule has 12 heteroatoms. The van der Waals surface area contributed by atoms with Crippen LogP contribution in [0.5, 0.6) is 5.75 Å². The Morgan fingerprint density at radius 1 is 1.27 bits per heavy atom. The molecule has 212 valence electrons. The van der Waals surface area contributed by atoms with Gasteiger partial charge < -0.3 is 19.4 Å². The molecule has 41 heavy (non-hydrogen) atoms. The van der Waals surface area contributed by atoms with Crippen molar-refractivity contribution in [3.8, 4) is 5.75 Å². The molecule has 0 spiro atoms. The van der Waals surface area contributed by atoms with E-state index in [1.54, 1.807) is 11.8 Å². The number of methoxy groups -OCH3 is 1. The number of pyridine rings is 1. The largest absolute Gasteiger partial charge is 0.494 e. The summed E-state index contributed by atoms with van der Waals surface area (Å²) in [6, 6.07) is 9.91. The number of piperidine rings is 1. The van der Waals surface area contributed by atoms with E-state index in [1.807, 2.05) is 37.3 Å². The minimum atomic E-state index is -0.650. The van der Waals surface area contributed by atoms with E-state index in [-0.39, 0.29) is 11.8 Å². The lowest BCUT2D eigenvalue weighted by Gasteiger charge is -2.29. The highest BCUT2D eigenvalue weighted by Gasteiger charge is 2.32. The van der Waals surface area contributed by atoms with Gasteiger partial charge in [-0.3, -0.25) is 15.0 Å². The SMILES string of the molecule is C=C(C)/N=C\N(N)c1ncc(OC)c2c(C(=O)C(=O)N3CCC(=C(C4=NNC(C)O4)c4ccccc4)CC3)c[nH]c12. The van der Waals surface area contributed by atoms with Crippen molar-refractivity contribution in [2.45, 2.75) is 32.9 Å². The van der Waals surface area contributed by atoms with Crippen LogP contribution in [0.3, 0.4) is 0 Å². The van der Waals surface area contributed by atoms with Crippen LogP contribution in [0.4, 0.5) is 5.82 Å². The van der Waals surface area contributed by atoms with Gasteiger partial charge in [0.25, 0.3) is 11.7 Å². The molecule has 0 bridgehead atoms. The average Bonchev–Trinajstić information content (AvgIpc) is 3.62. The van der Waals surface area contributed by atoms with Gasteiger partial charge in [0.15, 0.2) is 12.0 Å². The molecule has 0 radical (unpaired) electrons. The first-order valence-electron chi connectivity index (χ1n) is 13.2. The van der Waals surface area contributed by atoms with Crippen LogP contribution in [0.1, 0.15) is 42.6 Å². The molecule has 5 rings (SSSR count). The second-order valence-corrected chi connectivity index (χ2v) is 9.76. The minimum Gasteiger partial charge on any atom is -0.494 e. The first-order chi connectivity index (χ1) is 19.8. The zero-order valence-corrected chi connectivity index (χ0v) is 23.2. The molecule has 1 unspecified atom stereocenters. The number of likely N-dealkylation sites (tertiary alicyclic amines) is 1. The lowest BCUT2D eigenvalue weighted by atomic mass is 9.92. The van der Waals surface area contributed by atoms with E-state index >= 15 is 0 Å². The number of carbonyl (C=O) groups is 2. The summed E-state index contributed by atoms with van der Waals surface area (Å²) in [5.74, 6) is 6.06. The van der Waals surface area contributed by atoms with Crippen molar-refractivity contribution >= 4 is 46.2 Å². The number of anilines is 1. The lowest BCUT2D eigenvalue weighted by Crippen LogP contribution is -2.41. The third-order valence-corrected chi connectivity index (χ3v) is 6.88. The Morgan fingerprint density at radius 3 is 2.63 bits per heavy atom. The van der Waals surface area contributed by atoms with Crippen molar-refractivity contribution in [1.29, 1.82) is 0 Å². The van der Waals surface area contributed by atoms with Crippen LogP contribution in [-0.2, 0) is 9.53 Å². The molecule has 1 saturated heterocycles. The number of benzene rings is 1. The van der Waals surface area contributed by atoms with Crippen LogP contribution in [0.15, 0.2) is 70.7 Å².